The summed E-state index contributed by atoms with van der Waals surface area (Å²) in [4.78, 5) is 10.7. The van der Waals surface area contributed by atoms with Crippen molar-refractivity contribution >= 4 is 12.0 Å². The van der Waals surface area contributed by atoms with Gasteiger partial charge in [-0.05, 0) is 42.4 Å². The molecule has 0 aromatic heterocycles. The second kappa shape index (κ2) is 7.00. The average molecular weight is 246 g/mol. The number of carboxylic acid groups (broad SMARTS) is 1. The van der Waals surface area contributed by atoms with Crippen LogP contribution in [0.5, 0.6) is 0 Å². The molecule has 1 atom stereocenters. The van der Waals surface area contributed by atoms with E-state index in [1.165, 1.54) is 6.42 Å². The van der Waals surface area contributed by atoms with E-state index in [1.807, 2.05) is 12.1 Å². The largest absolute Gasteiger partial charge is 0.478 e. The van der Waals surface area contributed by atoms with E-state index in [4.69, 9.17) is 5.11 Å². The Hall–Kier alpha value is -1.57. The Morgan fingerprint density at radius 2 is 1.83 bits per heavy atom. The molecule has 0 heterocycles. The first-order valence-electron chi connectivity index (χ1n) is 6.49. The van der Waals surface area contributed by atoms with Gasteiger partial charge in [0.05, 0.1) is 5.56 Å². The van der Waals surface area contributed by atoms with Gasteiger partial charge in [-0.2, -0.15) is 0 Å². The highest BCUT2D eigenvalue weighted by atomic mass is 16.4. The van der Waals surface area contributed by atoms with Gasteiger partial charge in [-0.3, -0.25) is 0 Å². The molecule has 1 rings (SSSR count). The lowest BCUT2D eigenvalue weighted by atomic mass is 9.95. The van der Waals surface area contributed by atoms with Crippen molar-refractivity contribution in [3.8, 4) is 0 Å². The molecule has 0 radical (unpaired) electrons. The summed E-state index contributed by atoms with van der Waals surface area (Å²) in [6.45, 7) is 6.74. The van der Waals surface area contributed by atoms with Crippen LogP contribution in [0.2, 0.25) is 0 Å². The van der Waals surface area contributed by atoms with E-state index in [1.54, 1.807) is 12.1 Å². The van der Waals surface area contributed by atoms with Crippen molar-refractivity contribution < 1.29 is 9.90 Å². The Bertz CT molecular complexity index is 402. The molecule has 0 spiro atoms. The van der Waals surface area contributed by atoms with Gasteiger partial charge >= 0.3 is 5.97 Å². The minimum atomic E-state index is -0.879. The molecule has 0 amide bonds. The maximum absolute atomic E-state index is 10.7. The van der Waals surface area contributed by atoms with Gasteiger partial charge in [-0.1, -0.05) is 45.1 Å². The quantitative estimate of drug-likeness (QED) is 0.804. The number of carbonyl (C=O) groups is 1. The predicted octanol–water partition coefficient (Wildman–Crippen LogP) is 4.47. The third-order valence-corrected chi connectivity index (χ3v) is 2.88. The molecule has 0 aliphatic rings. The highest BCUT2D eigenvalue weighted by molar-refractivity contribution is 5.87. The lowest BCUT2D eigenvalue weighted by molar-refractivity contribution is 0.0697. The van der Waals surface area contributed by atoms with Crippen LogP contribution in [0.15, 0.2) is 30.3 Å². The number of allylic oxidation sites excluding steroid dienone is 1. The molecule has 1 aromatic carbocycles. The van der Waals surface area contributed by atoms with Gasteiger partial charge in [0.25, 0.3) is 0 Å². The normalized spacial score (nSPS) is 13.1. The van der Waals surface area contributed by atoms with E-state index < -0.39 is 5.97 Å². The number of carboxylic acids is 1. The summed E-state index contributed by atoms with van der Waals surface area (Å²) < 4.78 is 0. The fraction of sp³-hybridized carbons (Fsp3) is 0.438. The SMILES string of the molecule is CC(C)CC(C)C/C=C/c1ccc(C(=O)O)cc1. The minimum Gasteiger partial charge on any atom is -0.478 e. The Kier molecular flexibility index (Phi) is 5.63. The predicted molar refractivity (Wildman–Crippen MR) is 75.7 cm³/mol. The van der Waals surface area contributed by atoms with Crippen molar-refractivity contribution in [3.63, 3.8) is 0 Å². The molecule has 0 bridgehead atoms. The zero-order valence-electron chi connectivity index (χ0n) is 11.4. The van der Waals surface area contributed by atoms with Crippen LogP contribution in [-0.2, 0) is 0 Å². The first-order chi connectivity index (χ1) is 8.49. The summed E-state index contributed by atoms with van der Waals surface area (Å²) >= 11 is 0. The Balaban J connectivity index is 2.49. The number of hydrogen-bond donors (Lipinski definition) is 1. The van der Waals surface area contributed by atoms with E-state index in [2.05, 4.69) is 32.9 Å². The Morgan fingerprint density at radius 1 is 1.22 bits per heavy atom. The molecule has 0 saturated carbocycles. The Morgan fingerprint density at radius 3 is 2.33 bits per heavy atom. The first-order valence-corrected chi connectivity index (χ1v) is 6.49. The molecule has 0 saturated heterocycles. The van der Waals surface area contributed by atoms with Crippen molar-refractivity contribution in [2.24, 2.45) is 11.8 Å². The fourth-order valence-electron chi connectivity index (χ4n) is 2.07. The van der Waals surface area contributed by atoms with Crippen molar-refractivity contribution in [1.29, 1.82) is 0 Å². The summed E-state index contributed by atoms with van der Waals surface area (Å²) in [5.74, 6) is 0.555. The van der Waals surface area contributed by atoms with Gasteiger partial charge in [0.1, 0.15) is 0 Å². The zero-order chi connectivity index (χ0) is 13.5. The van der Waals surface area contributed by atoms with Gasteiger partial charge in [0, 0.05) is 0 Å². The maximum Gasteiger partial charge on any atom is 0.335 e. The molecule has 2 nitrogen and oxygen atoms in total. The molecular weight excluding hydrogens is 224 g/mol. The van der Waals surface area contributed by atoms with Gasteiger partial charge in [0.2, 0.25) is 0 Å². The van der Waals surface area contributed by atoms with Crippen molar-refractivity contribution in [1.82, 2.24) is 0 Å². The monoisotopic (exact) mass is 246 g/mol. The zero-order valence-corrected chi connectivity index (χ0v) is 11.4. The number of aromatic carboxylic acids is 1. The summed E-state index contributed by atoms with van der Waals surface area (Å²) in [5, 5.41) is 8.79. The minimum absolute atomic E-state index is 0.334. The smallest absolute Gasteiger partial charge is 0.335 e. The van der Waals surface area contributed by atoms with E-state index in [-0.39, 0.29) is 0 Å². The van der Waals surface area contributed by atoms with Gasteiger partial charge < -0.3 is 5.11 Å². The van der Waals surface area contributed by atoms with Gasteiger partial charge in [0.15, 0.2) is 0 Å². The second-order valence-electron chi connectivity index (χ2n) is 5.30. The van der Waals surface area contributed by atoms with Gasteiger partial charge in [-0.25, -0.2) is 4.79 Å². The van der Waals surface area contributed by atoms with Crippen molar-refractivity contribution in [3.05, 3.63) is 41.5 Å². The maximum atomic E-state index is 10.7. The number of benzene rings is 1. The standard InChI is InChI=1S/C16H22O2/c1-12(2)11-13(3)5-4-6-14-7-9-15(10-8-14)16(17)18/h4,6-10,12-13H,5,11H2,1-3H3,(H,17,18)/b6-4+. The highest BCUT2D eigenvalue weighted by Gasteiger charge is 2.03. The van der Waals surface area contributed by atoms with Crippen LogP contribution >= 0.6 is 0 Å². The molecule has 1 N–H and O–H groups in total. The Labute approximate surface area is 109 Å². The van der Waals surface area contributed by atoms with E-state index in [9.17, 15) is 4.79 Å². The molecule has 0 aliphatic carbocycles. The van der Waals surface area contributed by atoms with Crippen LogP contribution in [0.3, 0.4) is 0 Å². The third-order valence-electron chi connectivity index (χ3n) is 2.88. The van der Waals surface area contributed by atoms with Crippen LogP contribution in [-0.4, -0.2) is 11.1 Å². The average Bonchev–Trinajstić information content (AvgIpc) is 2.28. The highest BCUT2D eigenvalue weighted by Crippen LogP contribution is 2.16. The van der Waals surface area contributed by atoms with Crippen molar-refractivity contribution in [2.75, 3.05) is 0 Å². The fourth-order valence-corrected chi connectivity index (χ4v) is 2.07. The summed E-state index contributed by atoms with van der Waals surface area (Å²) in [7, 11) is 0. The van der Waals surface area contributed by atoms with Crippen LogP contribution in [0, 0.1) is 11.8 Å². The molecule has 0 fully saturated rings. The van der Waals surface area contributed by atoms with Crippen molar-refractivity contribution in [2.45, 2.75) is 33.6 Å². The molecule has 1 aromatic rings. The molecular formula is C16H22O2. The molecule has 1 unspecified atom stereocenters. The molecule has 0 aliphatic heterocycles. The van der Waals surface area contributed by atoms with Crippen LogP contribution in [0.1, 0.15) is 49.5 Å². The van der Waals surface area contributed by atoms with Crippen LogP contribution in [0.4, 0.5) is 0 Å². The third kappa shape index (κ3) is 5.17. The molecule has 98 valence electrons. The van der Waals surface area contributed by atoms with E-state index in [0.717, 1.165) is 17.9 Å². The summed E-state index contributed by atoms with van der Waals surface area (Å²) in [6.07, 6.45) is 6.53. The number of rotatable bonds is 6. The lowest BCUT2D eigenvalue weighted by Crippen LogP contribution is -1.98. The number of hydrogen-bond acceptors (Lipinski definition) is 1. The lowest BCUT2D eigenvalue weighted by Gasteiger charge is -2.10. The van der Waals surface area contributed by atoms with E-state index >= 15 is 0 Å². The molecule has 18 heavy (non-hydrogen) atoms. The van der Waals surface area contributed by atoms with E-state index in [0.29, 0.717) is 11.5 Å². The second-order valence-corrected chi connectivity index (χ2v) is 5.30. The van der Waals surface area contributed by atoms with Crippen LogP contribution < -0.4 is 0 Å². The molecule has 2 heteroatoms. The summed E-state index contributed by atoms with van der Waals surface area (Å²) in [5.41, 5.74) is 1.39. The first kappa shape index (κ1) is 14.5. The summed E-state index contributed by atoms with van der Waals surface area (Å²) in [6, 6.07) is 6.96. The van der Waals surface area contributed by atoms with Gasteiger partial charge in [-0.15, -0.1) is 0 Å². The topological polar surface area (TPSA) is 37.3 Å². The van der Waals surface area contributed by atoms with Crippen LogP contribution in [0.25, 0.3) is 6.08 Å².